The van der Waals surface area contributed by atoms with Crippen LogP contribution in [0.25, 0.3) is 0 Å². The van der Waals surface area contributed by atoms with E-state index in [1.807, 2.05) is 22.6 Å². The van der Waals surface area contributed by atoms with E-state index in [4.69, 9.17) is 5.73 Å². The van der Waals surface area contributed by atoms with Gasteiger partial charge in [-0.15, -0.1) is 0 Å². The van der Waals surface area contributed by atoms with Crippen molar-refractivity contribution in [1.82, 2.24) is 0 Å². The molecule has 0 heterocycles. The van der Waals surface area contributed by atoms with Gasteiger partial charge >= 0.3 is 0 Å². The van der Waals surface area contributed by atoms with Crippen molar-refractivity contribution in [2.24, 2.45) is 5.73 Å². The van der Waals surface area contributed by atoms with Crippen molar-refractivity contribution in [2.45, 2.75) is 12.8 Å². The lowest BCUT2D eigenvalue weighted by Gasteiger charge is -2.11. The summed E-state index contributed by atoms with van der Waals surface area (Å²) in [6, 6.07) is 5.05. The molecule has 1 atom stereocenters. The molecule has 3 N–H and O–H groups in total. The number of halogens is 1. The average Bonchev–Trinajstić information content (AvgIpc) is 2.18. The molecule has 5 nitrogen and oxygen atoms in total. The quantitative estimate of drug-likeness (QED) is 0.784. The first-order valence-electron chi connectivity index (χ1n) is 4.77. The first-order chi connectivity index (χ1) is 7.70. The molecule has 1 rings (SSSR count). The Hall–Kier alpha value is -0.830. The van der Waals surface area contributed by atoms with E-state index in [1.165, 1.54) is 0 Å². The third-order valence-corrected chi connectivity index (χ3v) is 3.70. The van der Waals surface area contributed by atoms with E-state index in [2.05, 4.69) is 4.72 Å². The number of anilines is 1. The second-order valence-corrected chi connectivity index (χ2v) is 6.65. The second-order valence-electron chi connectivity index (χ2n) is 3.74. The van der Waals surface area contributed by atoms with E-state index in [1.54, 1.807) is 25.1 Å². The molecule has 0 bridgehead atoms. The molecule has 0 aromatic heterocycles. The number of hydrogen-bond donors (Lipinski definition) is 2. The third-order valence-electron chi connectivity index (χ3n) is 2.22. The lowest BCUT2D eigenvalue weighted by molar-refractivity contribution is -0.119. The number of nitrogens with one attached hydrogen (secondary N) is 1. The molecule has 0 aliphatic heterocycles. The highest BCUT2D eigenvalue weighted by molar-refractivity contribution is 14.1. The summed E-state index contributed by atoms with van der Waals surface area (Å²) in [7, 11) is -3.30. The van der Waals surface area contributed by atoms with Gasteiger partial charge in [-0.1, -0.05) is 6.07 Å². The molecule has 0 saturated carbocycles. The Labute approximate surface area is 114 Å². The highest BCUT2D eigenvalue weighted by Gasteiger charge is 2.13. The summed E-state index contributed by atoms with van der Waals surface area (Å²) in [5, 5.41) is 0. The number of benzene rings is 1. The van der Waals surface area contributed by atoms with E-state index >= 15 is 0 Å². The van der Waals surface area contributed by atoms with Crippen LogP contribution < -0.4 is 10.5 Å². The van der Waals surface area contributed by atoms with Gasteiger partial charge in [-0.05, 0) is 47.2 Å². The Morgan fingerprint density at radius 2 is 2.06 bits per heavy atom. The van der Waals surface area contributed by atoms with Crippen molar-refractivity contribution in [3.05, 3.63) is 27.3 Å². The Kier molecular flexibility index (Phi) is 4.36. The molecule has 1 aromatic carbocycles. The largest absolute Gasteiger partial charge is 0.369 e. The molecular formula is C10H13IN2O3S. The van der Waals surface area contributed by atoms with Crippen LogP contribution in [0.1, 0.15) is 18.4 Å². The molecule has 0 radical (unpaired) electrons. The van der Waals surface area contributed by atoms with Crippen LogP contribution in [-0.4, -0.2) is 20.6 Å². The van der Waals surface area contributed by atoms with Crippen LogP contribution in [-0.2, 0) is 14.8 Å². The van der Waals surface area contributed by atoms with Crippen LogP contribution in [0.2, 0.25) is 0 Å². The number of sulfonamides is 1. The van der Waals surface area contributed by atoms with Gasteiger partial charge in [0.1, 0.15) is 0 Å². The number of primary amides is 1. The minimum Gasteiger partial charge on any atom is -0.369 e. The van der Waals surface area contributed by atoms with Crippen molar-refractivity contribution < 1.29 is 13.2 Å². The molecule has 0 saturated heterocycles. The van der Waals surface area contributed by atoms with Crippen molar-refractivity contribution in [2.75, 3.05) is 11.0 Å². The molecule has 94 valence electrons. The molecule has 0 spiro atoms. The molecule has 1 unspecified atom stereocenters. The highest BCUT2D eigenvalue weighted by atomic mass is 127. The smallest absolute Gasteiger partial charge is 0.229 e. The number of hydrogen-bond acceptors (Lipinski definition) is 3. The number of rotatable bonds is 4. The fraction of sp³-hybridized carbons (Fsp3) is 0.300. The second kappa shape index (κ2) is 5.21. The maximum absolute atomic E-state index is 11.1. The number of carbonyl (C=O) groups excluding carboxylic acids is 1. The van der Waals surface area contributed by atoms with E-state index in [0.717, 1.165) is 15.4 Å². The van der Waals surface area contributed by atoms with Crippen molar-refractivity contribution in [3.63, 3.8) is 0 Å². The maximum Gasteiger partial charge on any atom is 0.229 e. The van der Waals surface area contributed by atoms with Crippen LogP contribution in [0.4, 0.5) is 5.69 Å². The maximum atomic E-state index is 11.1. The standard InChI is InChI=1S/C10H13IN2O3S/c1-6(10(12)14)7-3-4-9(8(11)5-7)13-17(2,15)16/h3-6,13H,1-2H3,(H2,12,14). The van der Waals surface area contributed by atoms with Gasteiger partial charge in [0.25, 0.3) is 0 Å². The molecule has 0 fully saturated rings. The topological polar surface area (TPSA) is 89.3 Å². The minimum absolute atomic E-state index is 0.393. The summed E-state index contributed by atoms with van der Waals surface area (Å²) in [5.74, 6) is -0.805. The highest BCUT2D eigenvalue weighted by Crippen LogP contribution is 2.24. The van der Waals surface area contributed by atoms with E-state index in [9.17, 15) is 13.2 Å². The monoisotopic (exact) mass is 368 g/mol. The zero-order valence-electron chi connectivity index (χ0n) is 9.40. The van der Waals surface area contributed by atoms with Gasteiger partial charge in [0.2, 0.25) is 15.9 Å². The Balaban J connectivity index is 3.06. The number of nitrogens with two attached hydrogens (primary N) is 1. The average molecular weight is 368 g/mol. The van der Waals surface area contributed by atoms with Gasteiger partial charge in [-0.25, -0.2) is 8.42 Å². The molecule has 17 heavy (non-hydrogen) atoms. The van der Waals surface area contributed by atoms with E-state index in [0.29, 0.717) is 5.69 Å². The number of carbonyl (C=O) groups is 1. The fourth-order valence-electron chi connectivity index (χ4n) is 1.25. The lowest BCUT2D eigenvalue weighted by atomic mass is 10.0. The molecular weight excluding hydrogens is 355 g/mol. The van der Waals surface area contributed by atoms with Gasteiger partial charge in [-0.2, -0.15) is 0 Å². The lowest BCUT2D eigenvalue weighted by Crippen LogP contribution is -2.19. The van der Waals surface area contributed by atoms with Crippen LogP contribution in [0.15, 0.2) is 18.2 Å². The van der Waals surface area contributed by atoms with Crippen LogP contribution in [0.5, 0.6) is 0 Å². The van der Waals surface area contributed by atoms with Gasteiger partial charge in [-0.3, -0.25) is 9.52 Å². The zero-order valence-corrected chi connectivity index (χ0v) is 12.4. The summed E-state index contributed by atoms with van der Waals surface area (Å²) in [5.41, 5.74) is 6.46. The molecule has 1 amide bonds. The summed E-state index contributed by atoms with van der Waals surface area (Å²) in [4.78, 5) is 11.0. The Bertz CT molecular complexity index is 542. The first-order valence-corrected chi connectivity index (χ1v) is 7.74. The summed E-state index contributed by atoms with van der Waals surface area (Å²) < 4.78 is 25.3. The van der Waals surface area contributed by atoms with E-state index < -0.39 is 21.8 Å². The first kappa shape index (κ1) is 14.2. The summed E-state index contributed by atoms with van der Waals surface area (Å²) >= 11 is 2.00. The van der Waals surface area contributed by atoms with Gasteiger partial charge in [0.05, 0.1) is 17.9 Å². The van der Waals surface area contributed by atoms with Crippen molar-refractivity contribution in [1.29, 1.82) is 0 Å². The van der Waals surface area contributed by atoms with Gasteiger partial charge in [0.15, 0.2) is 0 Å². The normalized spacial score (nSPS) is 13.1. The SMILES string of the molecule is CC(C(N)=O)c1ccc(NS(C)(=O)=O)c(I)c1. The third kappa shape index (κ3) is 4.15. The zero-order chi connectivity index (χ0) is 13.2. The summed E-state index contributed by atoms with van der Waals surface area (Å²) in [6.07, 6.45) is 1.09. The molecule has 1 aromatic rings. The van der Waals surface area contributed by atoms with Crippen LogP contribution in [0.3, 0.4) is 0 Å². The molecule has 7 heteroatoms. The molecule has 0 aliphatic carbocycles. The fourth-order valence-corrected chi connectivity index (χ4v) is 2.68. The molecule has 0 aliphatic rings. The Morgan fingerprint density at radius 3 is 2.47 bits per heavy atom. The van der Waals surface area contributed by atoms with Crippen LogP contribution >= 0.6 is 22.6 Å². The Morgan fingerprint density at radius 1 is 1.47 bits per heavy atom. The van der Waals surface area contributed by atoms with Gasteiger partial charge < -0.3 is 5.73 Å². The summed E-state index contributed by atoms with van der Waals surface area (Å²) in [6.45, 7) is 1.71. The predicted octanol–water partition coefficient (Wildman–Crippen LogP) is 1.25. The van der Waals surface area contributed by atoms with Crippen LogP contribution in [0, 0.1) is 3.57 Å². The van der Waals surface area contributed by atoms with Gasteiger partial charge in [0, 0.05) is 3.57 Å². The van der Waals surface area contributed by atoms with Crippen molar-refractivity contribution in [3.8, 4) is 0 Å². The number of amides is 1. The predicted molar refractivity (Wildman–Crippen MR) is 75.2 cm³/mol. The minimum atomic E-state index is -3.30. The van der Waals surface area contributed by atoms with Crippen molar-refractivity contribution >= 4 is 44.2 Å². The van der Waals surface area contributed by atoms with E-state index in [-0.39, 0.29) is 0 Å².